The number of nitrogens with two attached hydrogens (primary N) is 1. The average molecular weight is 358 g/mol. The number of nitrogens with one attached hydrogen (secondary N) is 1. The first-order valence-corrected chi connectivity index (χ1v) is 7.52. The number of benzene rings is 1. The van der Waals surface area contributed by atoms with Gasteiger partial charge in [0, 0.05) is 18.1 Å². The largest absolute Gasteiger partial charge is 0.396 e. The van der Waals surface area contributed by atoms with Crippen molar-refractivity contribution in [2.45, 2.75) is 25.3 Å². The molecule has 21 heavy (non-hydrogen) atoms. The summed E-state index contributed by atoms with van der Waals surface area (Å²) in [6.07, 6.45) is 2.36. The molecule has 2 rings (SSSR count). The van der Waals surface area contributed by atoms with Gasteiger partial charge in [-0.1, -0.05) is 0 Å². The van der Waals surface area contributed by atoms with E-state index in [9.17, 15) is 14.0 Å². The highest BCUT2D eigenvalue weighted by Crippen LogP contribution is 2.27. The Morgan fingerprint density at radius 3 is 2.81 bits per heavy atom. The van der Waals surface area contributed by atoms with Gasteiger partial charge in [-0.05, 0) is 47.3 Å². The van der Waals surface area contributed by atoms with Crippen molar-refractivity contribution in [3.05, 3.63) is 28.0 Å². The molecule has 0 radical (unpaired) electrons. The molecule has 3 N–H and O–H groups in total. The standard InChI is InChI=1S/C14H17BrFN3O2/c1-18-13(20)12-4-2-3-5-19(12)14(21)8-6-11(17)10(16)7-9(8)15/h6-7,12H,2-5,17H2,1H3,(H,18,20). The number of rotatable bonds is 2. The molecule has 1 aromatic carbocycles. The maximum Gasteiger partial charge on any atom is 0.255 e. The molecule has 1 aromatic rings. The first-order valence-electron chi connectivity index (χ1n) is 6.72. The maximum atomic E-state index is 13.4. The molecule has 0 aliphatic carbocycles. The Bertz CT molecular complexity index is 580. The van der Waals surface area contributed by atoms with Crippen molar-refractivity contribution in [1.29, 1.82) is 0 Å². The van der Waals surface area contributed by atoms with Crippen LogP contribution in [-0.4, -0.2) is 36.3 Å². The third-order valence-electron chi connectivity index (χ3n) is 3.63. The van der Waals surface area contributed by atoms with Crippen LogP contribution in [0.15, 0.2) is 16.6 Å². The highest BCUT2D eigenvalue weighted by molar-refractivity contribution is 9.10. The average Bonchev–Trinajstić information content (AvgIpc) is 2.49. The minimum atomic E-state index is -0.583. The number of nitrogens with zero attached hydrogens (tertiary/aromatic N) is 1. The summed E-state index contributed by atoms with van der Waals surface area (Å²) in [7, 11) is 1.55. The molecule has 2 amide bonds. The Labute approximate surface area is 130 Å². The van der Waals surface area contributed by atoms with E-state index >= 15 is 0 Å². The number of hydrogen-bond donors (Lipinski definition) is 2. The fraction of sp³-hybridized carbons (Fsp3) is 0.429. The number of amides is 2. The molecule has 0 spiro atoms. The zero-order valence-electron chi connectivity index (χ0n) is 11.7. The van der Waals surface area contributed by atoms with Crippen molar-refractivity contribution in [1.82, 2.24) is 10.2 Å². The van der Waals surface area contributed by atoms with Crippen LogP contribution in [0.3, 0.4) is 0 Å². The minimum absolute atomic E-state index is 0.0879. The van der Waals surface area contributed by atoms with Gasteiger partial charge in [0.25, 0.3) is 5.91 Å². The molecule has 1 aliphatic heterocycles. The summed E-state index contributed by atoms with van der Waals surface area (Å²) in [6, 6.07) is 1.98. The van der Waals surface area contributed by atoms with Gasteiger partial charge in [-0.25, -0.2) is 4.39 Å². The van der Waals surface area contributed by atoms with Crippen molar-refractivity contribution in [3.8, 4) is 0 Å². The lowest BCUT2D eigenvalue weighted by Gasteiger charge is -2.34. The van der Waals surface area contributed by atoms with Crippen LogP contribution >= 0.6 is 15.9 Å². The molecular weight excluding hydrogens is 341 g/mol. The SMILES string of the molecule is CNC(=O)C1CCCCN1C(=O)c1cc(N)c(F)cc1Br. The maximum absolute atomic E-state index is 13.4. The minimum Gasteiger partial charge on any atom is -0.396 e. The first-order chi connectivity index (χ1) is 9.95. The molecule has 5 nitrogen and oxygen atoms in total. The molecule has 1 atom stereocenters. The van der Waals surface area contributed by atoms with Crippen molar-refractivity contribution >= 4 is 33.4 Å². The summed E-state index contributed by atoms with van der Waals surface area (Å²) in [6.45, 7) is 0.501. The first kappa shape index (κ1) is 15.8. The lowest BCUT2D eigenvalue weighted by Crippen LogP contribution is -2.51. The molecule has 0 saturated carbocycles. The van der Waals surface area contributed by atoms with E-state index in [0.717, 1.165) is 12.8 Å². The molecular formula is C14H17BrFN3O2. The number of likely N-dealkylation sites (N-methyl/N-ethyl adjacent to an activating group) is 1. The third kappa shape index (κ3) is 3.18. The number of carbonyl (C=O) groups excluding carboxylic acids is 2. The summed E-state index contributed by atoms with van der Waals surface area (Å²) >= 11 is 3.18. The second kappa shape index (κ2) is 6.43. The smallest absolute Gasteiger partial charge is 0.255 e. The quantitative estimate of drug-likeness (QED) is 0.793. The van der Waals surface area contributed by atoms with Crippen LogP contribution in [-0.2, 0) is 4.79 Å². The number of piperidine rings is 1. The van der Waals surface area contributed by atoms with Crippen LogP contribution in [0.25, 0.3) is 0 Å². The van der Waals surface area contributed by atoms with Gasteiger partial charge in [0.15, 0.2) is 0 Å². The number of halogens is 2. The second-order valence-electron chi connectivity index (χ2n) is 4.98. The van der Waals surface area contributed by atoms with Crippen LogP contribution in [0.1, 0.15) is 29.6 Å². The Kier molecular flexibility index (Phi) is 4.82. The zero-order chi connectivity index (χ0) is 15.6. The lowest BCUT2D eigenvalue weighted by atomic mass is 10.00. The van der Waals surface area contributed by atoms with Crippen LogP contribution in [0.5, 0.6) is 0 Å². The van der Waals surface area contributed by atoms with Crippen molar-refractivity contribution < 1.29 is 14.0 Å². The zero-order valence-corrected chi connectivity index (χ0v) is 13.2. The van der Waals surface area contributed by atoms with E-state index in [-0.39, 0.29) is 23.1 Å². The van der Waals surface area contributed by atoms with Crippen LogP contribution < -0.4 is 11.1 Å². The van der Waals surface area contributed by atoms with E-state index < -0.39 is 11.9 Å². The van der Waals surface area contributed by atoms with Gasteiger partial charge in [-0.2, -0.15) is 0 Å². The summed E-state index contributed by atoms with van der Waals surface area (Å²) < 4.78 is 13.7. The summed E-state index contributed by atoms with van der Waals surface area (Å²) in [4.78, 5) is 26.1. The molecule has 1 heterocycles. The van der Waals surface area contributed by atoms with Crippen LogP contribution in [0.2, 0.25) is 0 Å². The fourth-order valence-corrected chi connectivity index (χ4v) is 2.98. The van der Waals surface area contributed by atoms with Gasteiger partial charge in [-0.15, -0.1) is 0 Å². The summed E-state index contributed by atoms with van der Waals surface area (Å²) in [5, 5.41) is 2.58. The number of likely N-dealkylation sites (tertiary alicyclic amines) is 1. The van der Waals surface area contributed by atoms with E-state index in [0.29, 0.717) is 17.4 Å². The van der Waals surface area contributed by atoms with E-state index in [1.807, 2.05) is 0 Å². The molecule has 1 unspecified atom stereocenters. The van der Waals surface area contributed by atoms with Crippen molar-refractivity contribution in [3.63, 3.8) is 0 Å². The van der Waals surface area contributed by atoms with Gasteiger partial charge in [0.05, 0.1) is 11.3 Å². The van der Waals surface area contributed by atoms with Gasteiger partial charge < -0.3 is 16.0 Å². The van der Waals surface area contributed by atoms with Crippen LogP contribution in [0.4, 0.5) is 10.1 Å². The van der Waals surface area contributed by atoms with Gasteiger partial charge in [0.1, 0.15) is 11.9 Å². The molecule has 0 aromatic heterocycles. The lowest BCUT2D eigenvalue weighted by molar-refractivity contribution is -0.126. The van der Waals surface area contributed by atoms with Gasteiger partial charge in [-0.3, -0.25) is 9.59 Å². The molecule has 1 fully saturated rings. The van der Waals surface area contributed by atoms with E-state index in [2.05, 4.69) is 21.2 Å². The number of hydrogen-bond acceptors (Lipinski definition) is 3. The number of anilines is 1. The Morgan fingerprint density at radius 2 is 2.14 bits per heavy atom. The van der Waals surface area contributed by atoms with Crippen molar-refractivity contribution in [2.24, 2.45) is 0 Å². The number of nitrogen functional groups attached to an aromatic ring is 1. The summed E-state index contributed by atoms with van der Waals surface area (Å²) in [5.74, 6) is -1.09. The van der Waals surface area contributed by atoms with Gasteiger partial charge >= 0.3 is 0 Å². The predicted molar refractivity (Wildman–Crippen MR) is 81.3 cm³/mol. The van der Waals surface area contributed by atoms with Gasteiger partial charge in [0.2, 0.25) is 5.91 Å². The monoisotopic (exact) mass is 357 g/mol. The topological polar surface area (TPSA) is 75.4 Å². The van der Waals surface area contributed by atoms with Crippen molar-refractivity contribution in [2.75, 3.05) is 19.3 Å². The second-order valence-corrected chi connectivity index (χ2v) is 5.83. The Balaban J connectivity index is 2.33. The molecule has 0 bridgehead atoms. The van der Waals surface area contributed by atoms with Crippen LogP contribution in [0, 0.1) is 5.82 Å². The van der Waals surface area contributed by atoms with E-state index in [4.69, 9.17) is 5.73 Å². The molecule has 7 heteroatoms. The summed E-state index contributed by atoms with van der Waals surface area (Å²) in [5.41, 5.74) is 5.71. The predicted octanol–water partition coefficient (Wildman–Crippen LogP) is 1.91. The van der Waals surface area contributed by atoms with E-state index in [1.54, 1.807) is 7.05 Å². The molecule has 1 saturated heterocycles. The fourth-order valence-electron chi connectivity index (χ4n) is 2.50. The molecule has 1 aliphatic rings. The number of carbonyl (C=O) groups is 2. The Morgan fingerprint density at radius 1 is 1.43 bits per heavy atom. The normalized spacial score (nSPS) is 18.4. The highest BCUT2D eigenvalue weighted by Gasteiger charge is 2.33. The third-order valence-corrected chi connectivity index (χ3v) is 4.29. The molecule has 114 valence electrons. The van der Waals surface area contributed by atoms with E-state index in [1.165, 1.54) is 17.0 Å². The highest BCUT2D eigenvalue weighted by atomic mass is 79.9. The Hall–Kier alpha value is -1.63.